The van der Waals surface area contributed by atoms with Gasteiger partial charge in [-0.15, -0.1) is 4.40 Å². The molecule has 1 amide bonds. The maximum atomic E-state index is 12.9. The van der Waals surface area contributed by atoms with E-state index >= 15 is 0 Å². The first-order chi connectivity index (χ1) is 14.5. The molecule has 0 saturated carbocycles. The molecule has 2 aliphatic rings. The highest BCUT2D eigenvalue weighted by atomic mass is 32.2. The van der Waals surface area contributed by atoms with Crippen molar-refractivity contribution in [3.63, 3.8) is 0 Å². The van der Waals surface area contributed by atoms with Gasteiger partial charge in [-0.1, -0.05) is 42.5 Å². The summed E-state index contributed by atoms with van der Waals surface area (Å²) in [6.07, 6.45) is 1.56. The monoisotopic (exact) mass is 419 g/mol. The first-order valence-corrected chi connectivity index (χ1v) is 11.4. The van der Waals surface area contributed by atoms with Crippen molar-refractivity contribution in [2.75, 3.05) is 18.4 Å². The van der Waals surface area contributed by atoms with E-state index in [-0.39, 0.29) is 16.7 Å². The number of hydrogen-bond acceptors (Lipinski definition) is 4. The SMILES string of the molecule is O=C(Nc1ccc2ccccc2c1)C1CCCN(C2=NS(=O)(=O)c3ccccc32)C1. The number of piperidine rings is 1. The topological polar surface area (TPSA) is 78.8 Å². The molecule has 0 aromatic heterocycles. The molecular weight excluding hydrogens is 398 g/mol. The quantitative estimate of drug-likeness (QED) is 0.688. The van der Waals surface area contributed by atoms with E-state index in [1.54, 1.807) is 18.2 Å². The summed E-state index contributed by atoms with van der Waals surface area (Å²) >= 11 is 0. The number of sulfonamides is 1. The van der Waals surface area contributed by atoms with Crippen LogP contribution in [0.15, 0.2) is 76.0 Å². The maximum absolute atomic E-state index is 12.9. The van der Waals surface area contributed by atoms with Crippen LogP contribution in [0, 0.1) is 5.92 Å². The Kier molecular flexibility index (Phi) is 4.55. The van der Waals surface area contributed by atoms with Gasteiger partial charge in [0.25, 0.3) is 10.0 Å². The molecular formula is C23H21N3O3S. The number of amidine groups is 1. The highest BCUT2D eigenvalue weighted by Crippen LogP contribution is 2.30. The van der Waals surface area contributed by atoms with Crippen molar-refractivity contribution in [3.05, 3.63) is 72.3 Å². The summed E-state index contributed by atoms with van der Waals surface area (Å²) in [5, 5.41) is 5.22. The van der Waals surface area contributed by atoms with E-state index in [4.69, 9.17) is 0 Å². The molecule has 1 atom stereocenters. The highest BCUT2D eigenvalue weighted by molar-refractivity contribution is 7.90. The molecule has 3 aromatic carbocycles. The van der Waals surface area contributed by atoms with Crippen LogP contribution in [0.25, 0.3) is 10.8 Å². The van der Waals surface area contributed by atoms with Gasteiger partial charge in [0.1, 0.15) is 4.90 Å². The van der Waals surface area contributed by atoms with Crippen LogP contribution in [0.5, 0.6) is 0 Å². The Labute approximate surface area is 175 Å². The fourth-order valence-corrected chi connectivity index (χ4v) is 5.44. The van der Waals surface area contributed by atoms with Crippen LogP contribution in [0.1, 0.15) is 18.4 Å². The molecule has 2 heterocycles. The van der Waals surface area contributed by atoms with Crippen molar-refractivity contribution < 1.29 is 13.2 Å². The van der Waals surface area contributed by atoms with E-state index in [1.165, 1.54) is 0 Å². The summed E-state index contributed by atoms with van der Waals surface area (Å²) in [6.45, 7) is 1.13. The summed E-state index contributed by atoms with van der Waals surface area (Å²) in [7, 11) is -3.67. The number of nitrogens with one attached hydrogen (secondary N) is 1. The molecule has 2 aliphatic heterocycles. The standard InChI is InChI=1S/C23H21N3O3S/c27-23(24-19-12-11-16-6-1-2-7-17(16)14-19)18-8-5-13-26(15-18)22-20-9-3-4-10-21(20)30(28,29)25-22/h1-4,6-7,9-12,14,18H,5,8,13,15H2,(H,24,27). The number of fused-ring (bicyclic) bond motifs is 2. The average Bonchev–Trinajstić information content (AvgIpc) is 3.05. The molecule has 1 N–H and O–H groups in total. The predicted octanol–water partition coefficient (Wildman–Crippen LogP) is 3.64. The summed E-state index contributed by atoms with van der Waals surface area (Å²) in [5.41, 5.74) is 1.38. The number of amides is 1. The van der Waals surface area contributed by atoms with Crippen molar-refractivity contribution in [3.8, 4) is 0 Å². The van der Waals surface area contributed by atoms with Crippen molar-refractivity contribution in [2.24, 2.45) is 10.3 Å². The van der Waals surface area contributed by atoms with Gasteiger partial charge in [-0.25, -0.2) is 0 Å². The van der Waals surface area contributed by atoms with Crippen LogP contribution in [0.2, 0.25) is 0 Å². The molecule has 3 aromatic rings. The molecule has 0 spiro atoms. The lowest BCUT2D eigenvalue weighted by molar-refractivity contribution is -0.121. The summed E-state index contributed by atoms with van der Waals surface area (Å²) in [6, 6.07) is 20.7. The third kappa shape index (κ3) is 3.35. The second kappa shape index (κ2) is 7.25. The molecule has 5 rings (SSSR count). The van der Waals surface area contributed by atoms with E-state index < -0.39 is 10.0 Å². The Morgan fingerprint density at radius 3 is 2.63 bits per heavy atom. The summed E-state index contributed by atoms with van der Waals surface area (Å²) < 4.78 is 28.8. The zero-order chi connectivity index (χ0) is 20.7. The molecule has 0 radical (unpaired) electrons. The normalized spacial score (nSPS) is 19.9. The summed E-state index contributed by atoms with van der Waals surface area (Å²) in [5.74, 6) is 0.168. The average molecular weight is 420 g/mol. The fourth-order valence-electron chi connectivity index (χ4n) is 4.21. The second-order valence-electron chi connectivity index (χ2n) is 7.72. The lowest BCUT2D eigenvalue weighted by Crippen LogP contribution is -2.43. The number of hydrogen-bond donors (Lipinski definition) is 1. The lowest BCUT2D eigenvalue weighted by atomic mass is 9.96. The second-order valence-corrected chi connectivity index (χ2v) is 9.30. The number of likely N-dealkylation sites (tertiary alicyclic amines) is 1. The number of benzene rings is 3. The van der Waals surface area contributed by atoms with Crippen LogP contribution < -0.4 is 5.32 Å². The van der Waals surface area contributed by atoms with Gasteiger partial charge in [0.05, 0.1) is 5.92 Å². The Morgan fingerprint density at radius 2 is 1.77 bits per heavy atom. The van der Waals surface area contributed by atoms with Crippen LogP contribution in [0.3, 0.4) is 0 Å². The third-order valence-electron chi connectivity index (χ3n) is 5.72. The van der Waals surface area contributed by atoms with E-state index in [9.17, 15) is 13.2 Å². The number of rotatable bonds is 2. The van der Waals surface area contributed by atoms with Gasteiger partial charge < -0.3 is 10.2 Å². The maximum Gasteiger partial charge on any atom is 0.285 e. The van der Waals surface area contributed by atoms with Gasteiger partial charge in [-0.05, 0) is 47.9 Å². The van der Waals surface area contributed by atoms with E-state index in [0.717, 1.165) is 29.3 Å². The largest absolute Gasteiger partial charge is 0.355 e. The van der Waals surface area contributed by atoms with Crippen LogP contribution in [0.4, 0.5) is 5.69 Å². The minimum Gasteiger partial charge on any atom is -0.355 e. The van der Waals surface area contributed by atoms with E-state index in [2.05, 4.69) is 9.71 Å². The Hall–Kier alpha value is -3.19. The van der Waals surface area contributed by atoms with E-state index in [1.807, 2.05) is 53.4 Å². The molecule has 1 fully saturated rings. The lowest BCUT2D eigenvalue weighted by Gasteiger charge is -2.33. The Bertz CT molecular complexity index is 1280. The molecule has 0 bridgehead atoms. The number of carbonyl (C=O) groups is 1. The van der Waals surface area contributed by atoms with Crippen molar-refractivity contribution in [1.82, 2.24) is 4.90 Å². The van der Waals surface area contributed by atoms with Gasteiger partial charge >= 0.3 is 0 Å². The molecule has 7 heteroatoms. The Morgan fingerprint density at radius 1 is 1.00 bits per heavy atom. The number of nitrogens with zero attached hydrogens (tertiary/aromatic N) is 2. The first-order valence-electron chi connectivity index (χ1n) is 10.0. The fraction of sp³-hybridized carbons (Fsp3) is 0.217. The van der Waals surface area contributed by atoms with Crippen LogP contribution in [-0.2, 0) is 14.8 Å². The number of anilines is 1. The van der Waals surface area contributed by atoms with Crippen LogP contribution in [-0.4, -0.2) is 38.2 Å². The van der Waals surface area contributed by atoms with Crippen molar-refractivity contribution in [2.45, 2.75) is 17.7 Å². The van der Waals surface area contributed by atoms with Crippen LogP contribution >= 0.6 is 0 Å². The smallest absolute Gasteiger partial charge is 0.285 e. The van der Waals surface area contributed by atoms with Gasteiger partial charge in [0.2, 0.25) is 5.91 Å². The first kappa shape index (κ1) is 18.8. The van der Waals surface area contributed by atoms with Gasteiger partial charge in [-0.3, -0.25) is 4.79 Å². The highest BCUT2D eigenvalue weighted by Gasteiger charge is 2.35. The predicted molar refractivity (Wildman–Crippen MR) is 117 cm³/mol. The van der Waals surface area contributed by atoms with Crippen molar-refractivity contribution in [1.29, 1.82) is 0 Å². The molecule has 1 unspecified atom stereocenters. The zero-order valence-corrected chi connectivity index (χ0v) is 17.1. The van der Waals surface area contributed by atoms with Gasteiger partial charge in [0.15, 0.2) is 5.84 Å². The third-order valence-corrected chi connectivity index (χ3v) is 7.05. The minimum absolute atomic E-state index is 0.0512. The molecule has 6 nitrogen and oxygen atoms in total. The molecule has 152 valence electrons. The molecule has 30 heavy (non-hydrogen) atoms. The van der Waals surface area contributed by atoms with Gasteiger partial charge in [0, 0.05) is 24.3 Å². The zero-order valence-electron chi connectivity index (χ0n) is 16.3. The van der Waals surface area contributed by atoms with Crippen molar-refractivity contribution >= 4 is 38.2 Å². The van der Waals surface area contributed by atoms with E-state index in [0.29, 0.717) is 24.5 Å². The molecule has 0 aliphatic carbocycles. The minimum atomic E-state index is -3.67. The summed E-state index contributed by atoms with van der Waals surface area (Å²) in [4.78, 5) is 15.1. The van der Waals surface area contributed by atoms with Gasteiger partial charge in [-0.2, -0.15) is 8.42 Å². The number of carbonyl (C=O) groups excluding carboxylic acids is 1. The molecule has 1 saturated heterocycles. The Balaban J connectivity index is 1.35.